The molecule has 0 aliphatic carbocycles. The van der Waals surface area contributed by atoms with Gasteiger partial charge in [0.1, 0.15) is 22.3 Å². The molecule has 344 valence electrons. The fraction of sp³-hybridized carbons (Fsp3) is 0.114. The van der Waals surface area contributed by atoms with Crippen LogP contribution < -0.4 is 0 Å². The van der Waals surface area contributed by atoms with Crippen molar-refractivity contribution in [3.05, 3.63) is 217 Å². The Morgan fingerprint density at radius 1 is 0.278 bits per heavy atom. The summed E-state index contributed by atoms with van der Waals surface area (Å²) in [4.78, 5) is 0. The average Bonchev–Trinajstić information content (AvgIpc) is 3.99. The Morgan fingerprint density at radius 3 is 0.917 bits per heavy atom. The number of rotatable bonds is 4. The third-order valence-corrected chi connectivity index (χ3v) is 15.5. The summed E-state index contributed by atoms with van der Waals surface area (Å²) in [7, 11) is 0. The van der Waals surface area contributed by atoms with Crippen LogP contribution >= 0.6 is 0 Å². The van der Waals surface area contributed by atoms with Gasteiger partial charge in [-0.3, -0.25) is 0 Å². The van der Waals surface area contributed by atoms with E-state index in [-0.39, 0.29) is 10.8 Å². The number of hydrogen-bond acceptors (Lipinski definition) is 2. The molecular formula is C70H52O2. The van der Waals surface area contributed by atoms with Gasteiger partial charge in [0, 0.05) is 49.2 Å². The molecule has 0 atom stereocenters. The van der Waals surface area contributed by atoms with Gasteiger partial charge in [0.2, 0.25) is 0 Å². The SMILES string of the molecule is CC(C)(C)c1cccc(-c2c3ccccc3c(-c3cc4cc(-c5c6ccccc6c(-c6cccc(C(C)(C)C)c6)c6ccccc56)c5oc6ccccc6c5c4c4c3oc3ccccc34)c3ccccc23)c1. The molecular weight excluding hydrogens is 873 g/mol. The molecule has 2 nitrogen and oxygen atoms in total. The van der Waals surface area contributed by atoms with Crippen LogP contribution in [-0.4, -0.2) is 0 Å². The Bertz CT molecular complexity index is 4180. The van der Waals surface area contributed by atoms with Crippen LogP contribution in [0.15, 0.2) is 215 Å². The normalized spacial score (nSPS) is 12.6. The molecule has 72 heavy (non-hydrogen) atoms. The molecule has 0 spiro atoms. The van der Waals surface area contributed by atoms with E-state index in [2.05, 4.69) is 248 Å². The van der Waals surface area contributed by atoms with Crippen molar-refractivity contribution in [1.29, 1.82) is 0 Å². The lowest BCUT2D eigenvalue weighted by Crippen LogP contribution is -2.10. The molecule has 2 heteroatoms. The minimum absolute atomic E-state index is 0.00278. The van der Waals surface area contributed by atoms with E-state index >= 15 is 0 Å². The molecule has 0 unspecified atom stereocenters. The quantitative estimate of drug-likeness (QED) is 0.164. The summed E-state index contributed by atoms with van der Waals surface area (Å²) < 4.78 is 14.5. The van der Waals surface area contributed by atoms with Crippen LogP contribution in [0.25, 0.3) is 142 Å². The largest absolute Gasteiger partial charge is 0.455 e. The Morgan fingerprint density at radius 2 is 0.583 bits per heavy atom. The molecule has 0 amide bonds. The van der Waals surface area contributed by atoms with Crippen LogP contribution in [0.2, 0.25) is 0 Å². The van der Waals surface area contributed by atoms with E-state index in [1.807, 2.05) is 0 Å². The minimum Gasteiger partial charge on any atom is -0.455 e. The Hall–Kier alpha value is -8.46. The summed E-state index contributed by atoms with van der Waals surface area (Å²) in [5.41, 5.74) is 15.5. The predicted octanol–water partition coefficient (Wildman–Crippen LogP) is 20.5. The summed E-state index contributed by atoms with van der Waals surface area (Å²) in [6.45, 7) is 13.8. The topological polar surface area (TPSA) is 26.3 Å². The van der Waals surface area contributed by atoms with Crippen LogP contribution in [0.1, 0.15) is 52.7 Å². The van der Waals surface area contributed by atoms with Gasteiger partial charge in [0.05, 0.1) is 0 Å². The number of fused-ring (bicyclic) bond motifs is 13. The zero-order valence-corrected chi connectivity index (χ0v) is 41.4. The minimum atomic E-state index is 0.00278. The number of hydrogen-bond donors (Lipinski definition) is 0. The van der Waals surface area contributed by atoms with E-state index < -0.39 is 0 Å². The Kier molecular flexibility index (Phi) is 9.14. The second-order valence-electron chi connectivity index (χ2n) is 21.9. The van der Waals surface area contributed by atoms with Crippen LogP contribution in [0.5, 0.6) is 0 Å². The second-order valence-corrected chi connectivity index (χ2v) is 21.9. The highest BCUT2D eigenvalue weighted by Gasteiger charge is 2.28. The van der Waals surface area contributed by atoms with Gasteiger partial charge in [-0.1, -0.05) is 224 Å². The maximum Gasteiger partial charge on any atom is 0.143 e. The summed E-state index contributed by atoms with van der Waals surface area (Å²) in [6.07, 6.45) is 0. The van der Waals surface area contributed by atoms with Gasteiger partial charge in [0.15, 0.2) is 0 Å². The van der Waals surface area contributed by atoms with Crippen molar-refractivity contribution in [2.45, 2.75) is 52.4 Å². The van der Waals surface area contributed by atoms with Crippen molar-refractivity contribution in [2.75, 3.05) is 0 Å². The first-order valence-electron chi connectivity index (χ1n) is 25.3. The zero-order valence-electron chi connectivity index (χ0n) is 41.4. The lowest BCUT2D eigenvalue weighted by atomic mass is 9.81. The van der Waals surface area contributed by atoms with Crippen molar-refractivity contribution in [1.82, 2.24) is 0 Å². The fourth-order valence-corrected chi connectivity index (χ4v) is 12.1. The smallest absolute Gasteiger partial charge is 0.143 e. The average molecular weight is 925 g/mol. The van der Waals surface area contributed by atoms with E-state index in [0.29, 0.717) is 0 Å². The molecule has 0 aliphatic rings. The van der Waals surface area contributed by atoms with Gasteiger partial charge in [-0.15, -0.1) is 0 Å². The maximum atomic E-state index is 7.23. The van der Waals surface area contributed by atoms with Gasteiger partial charge >= 0.3 is 0 Å². The van der Waals surface area contributed by atoms with Crippen LogP contribution in [0.3, 0.4) is 0 Å². The molecule has 0 fully saturated rings. The molecule has 0 saturated carbocycles. The van der Waals surface area contributed by atoms with Crippen molar-refractivity contribution in [3.8, 4) is 44.5 Å². The van der Waals surface area contributed by atoms with Gasteiger partial charge in [-0.25, -0.2) is 0 Å². The van der Waals surface area contributed by atoms with Gasteiger partial charge in [-0.05, 0) is 117 Å². The lowest BCUT2D eigenvalue weighted by Gasteiger charge is -2.22. The highest BCUT2D eigenvalue weighted by molar-refractivity contribution is 6.37. The fourth-order valence-electron chi connectivity index (χ4n) is 12.1. The molecule has 0 saturated heterocycles. The molecule has 0 aliphatic heterocycles. The van der Waals surface area contributed by atoms with E-state index in [1.165, 1.54) is 87.6 Å². The van der Waals surface area contributed by atoms with E-state index in [0.717, 1.165) is 65.8 Å². The molecule has 2 aromatic heterocycles. The second kappa shape index (κ2) is 15.5. The first kappa shape index (κ1) is 42.4. The maximum absolute atomic E-state index is 7.23. The van der Waals surface area contributed by atoms with Gasteiger partial charge in [0.25, 0.3) is 0 Å². The number of furan rings is 2. The molecule has 14 rings (SSSR count). The third-order valence-electron chi connectivity index (χ3n) is 15.5. The molecule has 12 aromatic carbocycles. The van der Waals surface area contributed by atoms with Crippen molar-refractivity contribution in [3.63, 3.8) is 0 Å². The third kappa shape index (κ3) is 6.28. The molecule has 14 aromatic rings. The Balaban J connectivity index is 1.15. The zero-order chi connectivity index (χ0) is 48.6. The highest BCUT2D eigenvalue weighted by atomic mass is 16.3. The monoisotopic (exact) mass is 924 g/mol. The summed E-state index contributed by atoms with van der Waals surface area (Å²) >= 11 is 0. The van der Waals surface area contributed by atoms with Crippen LogP contribution in [0, 0.1) is 0 Å². The van der Waals surface area contributed by atoms with E-state index in [4.69, 9.17) is 8.83 Å². The first-order chi connectivity index (χ1) is 35.0. The van der Waals surface area contributed by atoms with E-state index in [1.54, 1.807) is 0 Å². The molecule has 2 heterocycles. The highest BCUT2D eigenvalue weighted by Crippen LogP contribution is 2.54. The number of benzene rings is 12. The molecule has 0 radical (unpaired) electrons. The first-order valence-corrected chi connectivity index (χ1v) is 25.3. The molecule has 0 N–H and O–H groups in total. The predicted molar refractivity (Wildman–Crippen MR) is 308 cm³/mol. The van der Waals surface area contributed by atoms with Gasteiger partial charge < -0.3 is 8.83 Å². The Labute approximate surface area is 418 Å². The standard InChI is InChI=1S/C70H52O2/c1-69(2,3)44-23-19-21-41(37-44)60-46-25-7-11-29-50(46)63(51-30-12-8-26-47(51)60)56-39-43-40-57(68-66(55-34-16-18-36-59(55)72-68)62(43)65-54-33-15-17-35-58(54)71-67(56)65)64-52-31-13-9-27-48(52)61(49-28-10-14-32-53(49)64)42-22-20-24-45(38-42)70(4,5)6/h7-40H,1-6H3. The molecule has 0 bridgehead atoms. The van der Waals surface area contributed by atoms with Crippen LogP contribution in [0.4, 0.5) is 0 Å². The lowest BCUT2D eigenvalue weighted by molar-refractivity contribution is 0.590. The van der Waals surface area contributed by atoms with E-state index in [9.17, 15) is 0 Å². The van der Waals surface area contributed by atoms with Gasteiger partial charge in [-0.2, -0.15) is 0 Å². The van der Waals surface area contributed by atoms with Crippen LogP contribution in [-0.2, 0) is 10.8 Å². The van der Waals surface area contributed by atoms with Crippen molar-refractivity contribution < 1.29 is 8.83 Å². The summed E-state index contributed by atoms with van der Waals surface area (Å²) in [5.74, 6) is 0. The van der Waals surface area contributed by atoms with Crippen molar-refractivity contribution in [2.24, 2.45) is 0 Å². The summed E-state index contributed by atoms with van der Waals surface area (Å²) in [6, 6.07) is 76.2. The summed E-state index contributed by atoms with van der Waals surface area (Å²) in [5, 5.41) is 16.2. The number of para-hydroxylation sites is 2. The van der Waals surface area contributed by atoms with Crippen molar-refractivity contribution >= 4 is 97.7 Å².